The van der Waals surface area contributed by atoms with E-state index in [1.807, 2.05) is 0 Å². The van der Waals surface area contributed by atoms with Gasteiger partial charge in [0.1, 0.15) is 0 Å². The topological polar surface area (TPSA) is 18.8 Å². The van der Waals surface area contributed by atoms with Gasteiger partial charge in [0.05, 0.1) is 11.8 Å². The fraction of sp³-hybridized carbons (Fsp3) is 0.240. The summed E-state index contributed by atoms with van der Waals surface area (Å²) in [5, 5.41) is 7.12. The van der Waals surface area contributed by atoms with Crippen LogP contribution < -0.4 is 0 Å². The van der Waals surface area contributed by atoms with Crippen molar-refractivity contribution in [2.24, 2.45) is 5.10 Å². The molecule has 1 aliphatic carbocycles. The molecule has 3 aromatic carbocycles. The number of nitrogens with zero attached hydrogens (tertiary/aromatic N) is 3. The molecule has 0 N–H and O–H groups in total. The minimum Gasteiger partial charge on any atom is -0.294 e. The summed E-state index contributed by atoms with van der Waals surface area (Å²) in [5.74, 6) is 0. The largest absolute Gasteiger partial charge is 0.294 e. The molecule has 1 aliphatic heterocycles. The third kappa shape index (κ3) is 3.52. The second-order valence-corrected chi connectivity index (χ2v) is 8.67. The average Bonchev–Trinajstić information content (AvgIpc) is 3.09. The third-order valence-electron chi connectivity index (χ3n) is 6.01. The maximum absolute atomic E-state index is 4.89. The normalized spacial score (nSPS) is 17.3. The summed E-state index contributed by atoms with van der Waals surface area (Å²) in [6.07, 6.45) is 0. The lowest BCUT2D eigenvalue weighted by atomic mass is 10.0. The van der Waals surface area contributed by atoms with Crippen LogP contribution in [-0.4, -0.2) is 41.8 Å². The van der Waals surface area contributed by atoms with Crippen LogP contribution in [0.1, 0.15) is 29.7 Å². The summed E-state index contributed by atoms with van der Waals surface area (Å²) in [4.78, 5) is 2.62. The Labute approximate surface area is 180 Å². The van der Waals surface area contributed by atoms with E-state index in [1.54, 1.807) is 0 Å². The molecule has 3 nitrogen and oxygen atoms in total. The summed E-state index contributed by atoms with van der Waals surface area (Å²) in [6, 6.07) is 26.5. The van der Waals surface area contributed by atoms with Crippen LogP contribution in [0.25, 0.3) is 11.1 Å². The molecule has 0 amide bonds. The van der Waals surface area contributed by atoms with Crippen molar-refractivity contribution >= 4 is 21.6 Å². The van der Waals surface area contributed by atoms with Crippen LogP contribution in [0.2, 0.25) is 0 Å². The Bertz CT molecular complexity index is 1000. The molecule has 5 rings (SSSR count). The Balaban J connectivity index is 1.33. The molecular formula is C25H24BrN3. The molecule has 0 spiro atoms. The van der Waals surface area contributed by atoms with Crippen LogP contribution in [0.5, 0.6) is 0 Å². The Morgan fingerprint density at radius 2 is 1.34 bits per heavy atom. The van der Waals surface area contributed by atoms with Gasteiger partial charge in [-0.1, -0.05) is 76.6 Å². The molecule has 146 valence electrons. The van der Waals surface area contributed by atoms with Gasteiger partial charge in [-0.05, 0) is 46.9 Å². The maximum Gasteiger partial charge on any atom is 0.0646 e. The zero-order valence-corrected chi connectivity index (χ0v) is 18.1. The fourth-order valence-corrected chi connectivity index (χ4v) is 4.82. The number of hydrazone groups is 1. The van der Waals surface area contributed by atoms with E-state index in [-0.39, 0.29) is 0 Å². The Kier molecular flexibility index (Phi) is 4.98. The van der Waals surface area contributed by atoms with Gasteiger partial charge in [0, 0.05) is 30.7 Å². The molecule has 4 heteroatoms. The molecule has 1 fully saturated rings. The van der Waals surface area contributed by atoms with Crippen molar-refractivity contribution in [2.45, 2.75) is 13.0 Å². The van der Waals surface area contributed by atoms with Gasteiger partial charge in [-0.2, -0.15) is 5.10 Å². The Hall–Kier alpha value is -2.43. The minimum absolute atomic E-state index is 0.362. The van der Waals surface area contributed by atoms with E-state index < -0.39 is 0 Å². The summed E-state index contributed by atoms with van der Waals surface area (Å²) in [7, 11) is 0. The van der Waals surface area contributed by atoms with Crippen molar-refractivity contribution in [1.82, 2.24) is 9.91 Å². The number of piperazine rings is 1. The molecule has 0 saturated carbocycles. The highest BCUT2D eigenvalue weighted by atomic mass is 79.9. The lowest BCUT2D eigenvalue weighted by Gasteiger charge is -2.37. The molecule has 2 aliphatic rings. The predicted molar refractivity (Wildman–Crippen MR) is 123 cm³/mol. The molecule has 0 unspecified atom stereocenters. The van der Waals surface area contributed by atoms with Crippen molar-refractivity contribution < 1.29 is 0 Å². The van der Waals surface area contributed by atoms with Crippen LogP contribution >= 0.6 is 15.9 Å². The quantitative estimate of drug-likeness (QED) is 0.491. The fourth-order valence-electron chi connectivity index (χ4n) is 4.55. The number of halogens is 1. The van der Waals surface area contributed by atoms with E-state index in [0.29, 0.717) is 6.04 Å². The zero-order valence-electron chi connectivity index (χ0n) is 16.6. The smallest absolute Gasteiger partial charge is 0.0646 e. The van der Waals surface area contributed by atoms with Crippen molar-refractivity contribution in [2.75, 3.05) is 26.2 Å². The molecule has 3 aromatic rings. The monoisotopic (exact) mass is 445 g/mol. The standard InChI is InChI=1S/C25H24BrN3/c1-18(19-10-12-20(26)13-11-19)27-29-16-14-28(15-17-29)25-23-8-4-2-6-21(23)22-7-3-5-9-24(22)25/h2-13,25H,14-17H2,1H3/b27-18-. The highest BCUT2D eigenvalue weighted by molar-refractivity contribution is 9.10. The molecule has 0 bridgehead atoms. The van der Waals surface area contributed by atoms with Crippen molar-refractivity contribution in [1.29, 1.82) is 0 Å². The van der Waals surface area contributed by atoms with Gasteiger partial charge in [-0.15, -0.1) is 0 Å². The molecule has 29 heavy (non-hydrogen) atoms. The number of benzene rings is 3. The van der Waals surface area contributed by atoms with Gasteiger partial charge in [0.15, 0.2) is 0 Å². The molecule has 1 heterocycles. The second kappa shape index (κ2) is 7.77. The molecular weight excluding hydrogens is 422 g/mol. The first-order valence-electron chi connectivity index (χ1n) is 10.2. The van der Waals surface area contributed by atoms with Crippen LogP contribution in [-0.2, 0) is 0 Å². The highest BCUT2D eigenvalue weighted by Crippen LogP contribution is 2.46. The first kappa shape index (κ1) is 18.6. The maximum atomic E-state index is 4.89. The second-order valence-electron chi connectivity index (χ2n) is 7.76. The summed E-state index contributed by atoms with van der Waals surface area (Å²) in [5.41, 5.74) is 7.91. The van der Waals surface area contributed by atoms with Gasteiger partial charge >= 0.3 is 0 Å². The van der Waals surface area contributed by atoms with Crippen LogP contribution in [0.4, 0.5) is 0 Å². The number of rotatable bonds is 3. The van der Waals surface area contributed by atoms with E-state index >= 15 is 0 Å². The van der Waals surface area contributed by atoms with Crippen LogP contribution in [0, 0.1) is 0 Å². The lowest BCUT2D eigenvalue weighted by molar-refractivity contribution is 0.114. The minimum atomic E-state index is 0.362. The van der Waals surface area contributed by atoms with E-state index in [2.05, 4.69) is 106 Å². The first-order valence-corrected chi connectivity index (χ1v) is 11.0. The van der Waals surface area contributed by atoms with Gasteiger partial charge in [-0.25, -0.2) is 0 Å². The third-order valence-corrected chi connectivity index (χ3v) is 6.54. The summed E-state index contributed by atoms with van der Waals surface area (Å²) < 4.78 is 1.10. The van der Waals surface area contributed by atoms with Gasteiger partial charge < -0.3 is 0 Å². The van der Waals surface area contributed by atoms with Gasteiger partial charge in [0.2, 0.25) is 0 Å². The first-order chi connectivity index (χ1) is 14.2. The van der Waals surface area contributed by atoms with Crippen LogP contribution in [0.3, 0.4) is 0 Å². The molecule has 0 aromatic heterocycles. The van der Waals surface area contributed by atoms with Gasteiger partial charge in [-0.3, -0.25) is 9.91 Å². The van der Waals surface area contributed by atoms with Crippen molar-refractivity contribution in [3.05, 3.63) is 94.0 Å². The predicted octanol–water partition coefficient (Wildman–Crippen LogP) is 5.56. The lowest BCUT2D eigenvalue weighted by Crippen LogP contribution is -2.45. The molecule has 0 radical (unpaired) electrons. The van der Waals surface area contributed by atoms with Gasteiger partial charge in [0.25, 0.3) is 0 Å². The molecule has 0 atom stereocenters. The van der Waals surface area contributed by atoms with Crippen LogP contribution in [0.15, 0.2) is 82.4 Å². The van der Waals surface area contributed by atoms with Crippen molar-refractivity contribution in [3.63, 3.8) is 0 Å². The SMILES string of the molecule is C/C(=N/N1CCN(C2c3ccccc3-c3ccccc32)CC1)c1ccc(Br)cc1. The molecule has 1 saturated heterocycles. The van der Waals surface area contributed by atoms with E-state index in [1.165, 1.54) is 27.8 Å². The Morgan fingerprint density at radius 1 is 0.793 bits per heavy atom. The number of hydrogen-bond acceptors (Lipinski definition) is 3. The summed E-state index contributed by atoms with van der Waals surface area (Å²) >= 11 is 3.50. The number of hydrogen-bond donors (Lipinski definition) is 0. The Morgan fingerprint density at radius 3 is 1.93 bits per heavy atom. The average molecular weight is 446 g/mol. The van der Waals surface area contributed by atoms with E-state index in [9.17, 15) is 0 Å². The zero-order chi connectivity index (χ0) is 19.8. The van der Waals surface area contributed by atoms with Crippen molar-refractivity contribution in [3.8, 4) is 11.1 Å². The van der Waals surface area contributed by atoms with E-state index in [0.717, 1.165) is 36.4 Å². The van der Waals surface area contributed by atoms with E-state index in [4.69, 9.17) is 5.10 Å². The highest BCUT2D eigenvalue weighted by Gasteiger charge is 2.33. The number of fused-ring (bicyclic) bond motifs is 3. The summed E-state index contributed by atoms with van der Waals surface area (Å²) in [6.45, 7) is 6.04.